The van der Waals surface area contributed by atoms with Gasteiger partial charge in [0.25, 0.3) is 0 Å². The number of anilines is 1. The van der Waals surface area contributed by atoms with Gasteiger partial charge in [-0.2, -0.15) is 0 Å². The molecule has 0 fully saturated rings. The van der Waals surface area contributed by atoms with E-state index in [1.54, 1.807) is 44.9 Å². The Hall–Kier alpha value is -4.86. The summed E-state index contributed by atoms with van der Waals surface area (Å²) in [6, 6.07) is 9.21. The number of benzene rings is 1. The van der Waals surface area contributed by atoms with Crippen LogP contribution in [0.5, 0.6) is 0 Å². The molecule has 194 valence electrons. The van der Waals surface area contributed by atoms with Gasteiger partial charge in [0, 0.05) is 55.1 Å². The SMILES string of the molecule is C=C/C=C(\C=NC)c1cc(CC(=O)Nc2ccc(-c3nc(C(=NC)n4cnc(C)c4)c(CC)[nH]3)cc2)on1. The molecule has 0 aliphatic carbocycles. The Balaban J connectivity index is 1.46. The minimum atomic E-state index is -0.216. The van der Waals surface area contributed by atoms with Gasteiger partial charge < -0.3 is 14.8 Å². The second kappa shape index (κ2) is 11.9. The van der Waals surface area contributed by atoms with Crippen molar-refractivity contribution in [3.8, 4) is 11.4 Å². The van der Waals surface area contributed by atoms with Gasteiger partial charge in [-0.05, 0) is 37.6 Å². The smallest absolute Gasteiger partial charge is 0.232 e. The van der Waals surface area contributed by atoms with Crippen LogP contribution >= 0.6 is 0 Å². The molecule has 0 aliphatic heterocycles. The van der Waals surface area contributed by atoms with E-state index >= 15 is 0 Å². The molecule has 0 spiro atoms. The van der Waals surface area contributed by atoms with E-state index in [1.165, 1.54) is 0 Å². The van der Waals surface area contributed by atoms with Crippen molar-refractivity contribution in [3.63, 3.8) is 0 Å². The monoisotopic (exact) mass is 510 g/mol. The molecule has 0 saturated carbocycles. The number of hydrogen-bond acceptors (Lipinski definition) is 7. The zero-order valence-electron chi connectivity index (χ0n) is 21.9. The highest BCUT2D eigenvalue weighted by Gasteiger charge is 2.17. The number of aromatic amines is 1. The first kappa shape index (κ1) is 26.2. The summed E-state index contributed by atoms with van der Waals surface area (Å²) < 4.78 is 7.21. The second-order valence-corrected chi connectivity index (χ2v) is 8.46. The van der Waals surface area contributed by atoms with E-state index in [-0.39, 0.29) is 12.3 Å². The summed E-state index contributed by atoms with van der Waals surface area (Å²) in [4.78, 5) is 33.6. The van der Waals surface area contributed by atoms with Gasteiger partial charge in [-0.3, -0.25) is 19.3 Å². The number of carbonyl (C=O) groups is 1. The summed E-state index contributed by atoms with van der Waals surface area (Å²) in [5.41, 5.74) is 5.55. The van der Waals surface area contributed by atoms with E-state index in [4.69, 9.17) is 9.51 Å². The van der Waals surface area contributed by atoms with E-state index in [1.807, 2.05) is 42.0 Å². The van der Waals surface area contributed by atoms with Crippen molar-refractivity contribution in [2.24, 2.45) is 9.98 Å². The fourth-order valence-corrected chi connectivity index (χ4v) is 3.94. The molecule has 4 aromatic rings. The average Bonchev–Trinajstić information content (AvgIpc) is 3.65. The number of H-pyrrole nitrogens is 1. The fraction of sp³-hybridized carbons (Fsp3) is 0.214. The third kappa shape index (κ3) is 5.92. The van der Waals surface area contributed by atoms with Crippen molar-refractivity contribution in [3.05, 3.63) is 90.1 Å². The molecule has 10 nitrogen and oxygen atoms in total. The second-order valence-electron chi connectivity index (χ2n) is 8.46. The van der Waals surface area contributed by atoms with Gasteiger partial charge in [-0.25, -0.2) is 9.97 Å². The van der Waals surface area contributed by atoms with Gasteiger partial charge in [-0.15, -0.1) is 0 Å². The van der Waals surface area contributed by atoms with Crippen LogP contribution in [0, 0.1) is 6.92 Å². The lowest BCUT2D eigenvalue weighted by molar-refractivity contribution is -0.115. The van der Waals surface area contributed by atoms with Gasteiger partial charge in [0.2, 0.25) is 5.91 Å². The molecule has 0 unspecified atom stereocenters. The van der Waals surface area contributed by atoms with Crippen LogP contribution in [0.25, 0.3) is 17.0 Å². The van der Waals surface area contributed by atoms with E-state index in [9.17, 15) is 4.79 Å². The fourth-order valence-electron chi connectivity index (χ4n) is 3.94. The van der Waals surface area contributed by atoms with Crippen molar-refractivity contribution in [2.75, 3.05) is 19.4 Å². The number of allylic oxidation sites excluding steroid dienone is 3. The predicted molar refractivity (Wildman–Crippen MR) is 150 cm³/mol. The van der Waals surface area contributed by atoms with Crippen molar-refractivity contribution < 1.29 is 9.32 Å². The number of nitrogens with zero attached hydrogens (tertiary/aromatic N) is 6. The molecule has 2 N–H and O–H groups in total. The first-order chi connectivity index (χ1) is 18.4. The minimum Gasteiger partial charge on any atom is -0.360 e. The predicted octanol–water partition coefficient (Wildman–Crippen LogP) is 4.51. The number of nitrogens with one attached hydrogen (secondary N) is 2. The van der Waals surface area contributed by atoms with Crippen LogP contribution in [-0.4, -0.2) is 56.7 Å². The number of aryl methyl sites for hydroxylation is 2. The Morgan fingerprint density at radius 3 is 2.68 bits per heavy atom. The number of hydrogen-bond donors (Lipinski definition) is 2. The maximum atomic E-state index is 12.6. The topological polar surface area (TPSA) is 126 Å². The molecule has 1 aromatic carbocycles. The van der Waals surface area contributed by atoms with Crippen LogP contribution in [0.15, 0.2) is 76.1 Å². The van der Waals surface area contributed by atoms with Crippen LogP contribution in [-0.2, 0) is 17.6 Å². The molecule has 0 radical (unpaired) electrons. The lowest BCUT2D eigenvalue weighted by Crippen LogP contribution is -2.14. The van der Waals surface area contributed by atoms with E-state index in [2.05, 4.69) is 43.9 Å². The lowest BCUT2D eigenvalue weighted by atomic mass is 10.1. The van der Waals surface area contributed by atoms with E-state index in [0.717, 1.165) is 46.3 Å². The molecule has 38 heavy (non-hydrogen) atoms. The first-order valence-corrected chi connectivity index (χ1v) is 12.1. The summed E-state index contributed by atoms with van der Waals surface area (Å²) in [6.45, 7) is 7.70. The summed E-state index contributed by atoms with van der Waals surface area (Å²) in [6.07, 6.45) is 9.55. The van der Waals surface area contributed by atoms with Crippen molar-refractivity contribution >= 4 is 29.2 Å². The Kier molecular flexibility index (Phi) is 8.22. The zero-order valence-corrected chi connectivity index (χ0v) is 21.9. The van der Waals surface area contributed by atoms with Crippen LogP contribution in [0.2, 0.25) is 0 Å². The maximum Gasteiger partial charge on any atom is 0.232 e. The van der Waals surface area contributed by atoms with Crippen LogP contribution < -0.4 is 5.32 Å². The third-order valence-corrected chi connectivity index (χ3v) is 5.71. The highest BCUT2D eigenvalue weighted by molar-refractivity contribution is 6.09. The molecule has 3 aromatic heterocycles. The highest BCUT2D eigenvalue weighted by atomic mass is 16.5. The molecule has 0 aliphatic rings. The van der Waals surface area contributed by atoms with E-state index < -0.39 is 0 Å². The number of imidazole rings is 2. The Bertz CT molecular complexity index is 1520. The summed E-state index contributed by atoms with van der Waals surface area (Å²) in [7, 11) is 3.41. The molecule has 10 heteroatoms. The van der Waals surface area contributed by atoms with Gasteiger partial charge in [-0.1, -0.05) is 30.8 Å². The largest absolute Gasteiger partial charge is 0.360 e. The number of amides is 1. The Morgan fingerprint density at radius 1 is 1.26 bits per heavy atom. The Labute approximate surface area is 221 Å². The Morgan fingerprint density at radius 2 is 2.05 bits per heavy atom. The normalized spacial score (nSPS) is 12.3. The average molecular weight is 511 g/mol. The highest BCUT2D eigenvalue weighted by Crippen LogP contribution is 2.22. The molecular weight excluding hydrogens is 480 g/mol. The molecule has 1 amide bonds. The molecule has 0 bridgehead atoms. The zero-order chi connectivity index (χ0) is 27.1. The number of aromatic nitrogens is 5. The number of aliphatic imine (C=N–C) groups is 2. The summed E-state index contributed by atoms with van der Waals surface area (Å²) in [5.74, 6) is 1.68. The molecule has 4 rings (SSSR count). The molecule has 0 atom stereocenters. The lowest BCUT2D eigenvalue weighted by Gasteiger charge is -2.05. The van der Waals surface area contributed by atoms with Crippen molar-refractivity contribution in [1.29, 1.82) is 0 Å². The van der Waals surface area contributed by atoms with E-state index in [0.29, 0.717) is 17.1 Å². The van der Waals surface area contributed by atoms with Gasteiger partial charge >= 0.3 is 0 Å². The number of rotatable bonds is 9. The van der Waals surface area contributed by atoms with Gasteiger partial charge in [0.05, 0.1) is 12.1 Å². The number of carbonyl (C=O) groups excluding carboxylic acids is 1. The van der Waals surface area contributed by atoms with Crippen molar-refractivity contribution in [2.45, 2.75) is 26.7 Å². The van der Waals surface area contributed by atoms with Crippen LogP contribution in [0.1, 0.15) is 35.5 Å². The van der Waals surface area contributed by atoms with Gasteiger partial charge in [0.15, 0.2) is 5.84 Å². The van der Waals surface area contributed by atoms with Gasteiger partial charge in [0.1, 0.15) is 29.3 Å². The van der Waals surface area contributed by atoms with Crippen LogP contribution in [0.4, 0.5) is 5.69 Å². The standard InChI is InChI=1S/C28H30N8O2/c1-6-8-20(15-29-4)24-13-22(38-35-24)14-25(37)32-21-11-9-19(10-12-21)27-33-23(7-2)26(34-27)28(30-5)36-16-18(3)31-17-36/h6,8-13,15-17H,1,7,14H2,2-5H3,(H,32,37)(H,33,34)/b20-8+,29-15?,30-28?. The quantitative estimate of drug-likeness (QED) is 0.195. The van der Waals surface area contributed by atoms with Crippen molar-refractivity contribution in [1.82, 2.24) is 24.7 Å². The first-order valence-electron chi connectivity index (χ1n) is 12.1. The maximum absolute atomic E-state index is 12.6. The minimum absolute atomic E-state index is 0.0493. The summed E-state index contributed by atoms with van der Waals surface area (Å²) in [5, 5.41) is 6.92. The third-order valence-electron chi connectivity index (χ3n) is 5.71. The summed E-state index contributed by atoms with van der Waals surface area (Å²) >= 11 is 0. The van der Waals surface area contributed by atoms with Crippen LogP contribution in [0.3, 0.4) is 0 Å². The molecular formula is C28H30N8O2. The molecule has 3 heterocycles. The molecule has 0 saturated heterocycles.